The monoisotopic (exact) mass is 390 g/mol. The molecule has 2 aromatic heterocycles. The average molecular weight is 390 g/mol. The van der Waals surface area contributed by atoms with Crippen LogP contribution in [0.5, 0.6) is 11.5 Å². The van der Waals surface area contributed by atoms with Gasteiger partial charge in [-0.2, -0.15) is 0 Å². The van der Waals surface area contributed by atoms with Gasteiger partial charge in [-0.25, -0.2) is 4.98 Å². The average Bonchev–Trinajstić information content (AvgIpc) is 3.38. The zero-order chi connectivity index (χ0) is 20.1. The third-order valence-electron chi connectivity index (χ3n) is 6.58. The second-order valence-corrected chi connectivity index (χ2v) is 7.91. The highest BCUT2D eigenvalue weighted by Gasteiger charge is 2.46. The number of ketones is 1. The fraction of sp³-hybridized carbons (Fsp3) is 0.318. The number of Topliss-reactive ketones (excluding diaryl/α,β-unsaturated/α-hetero) is 1. The van der Waals surface area contributed by atoms with Gasteiger partial charge in [-0.05, 0) is 31.0 Å². The zero-order valence-corrected chi connectivity index (χ0v) is 16.0. The number of benzene rings is 1. The molecule has 3 aliphatic rings. The predicted octanol–water partition coefficient (Wildman–Crippen LogP) is 2.19. The molecule has 1 unspecified atom stereocenters. The van der Waals surface area contributed by atoms with Crippen LogP contribution >= 0.6 is 0 Å². The first-order valence-corrected chi connectivity index (χ1v) is 9.68. The third kappa shape index (κ3) is 1.93. The van der Waals surface area contributed by atoms with E-state index in [2.05, 4.69) is 0 Å². The van der Waals surface area contributed by atoms with E-state index in [1.54, 1.807) is 17.6 Å². The van der Waals surface area contributed by atoms with Crippen molar-refractivity contribution in [3.05, 3.63) is 50.8 Å². The van der Waals surface area contributed by atoms with Crippen molar-refractivity contribution in [2.24, 2.45) is 0 Å². The van der Waals surface area contributed by atoms with Gasteiger partial charge in [0.15, 0.2) is 17.3 Å². The van der Waals surface area contributed by atoms with Crippen LogP contribution < -0.4 is 15.0 Å². The smallest absolute Gasteiger partial charge is 0.255 e. The van der Waals surface area contributed by atoms with E-state index in [4.69, 9.17) is 14.5 Å². The van der Waals surface area contributed by atoms with Crippen molar-refractivity contribution in [3.63, 3.8) is 0 Å². The van der Waals surface area contributed by atoms with E-state index < -0.39 is 5.60 Å². The zero-order valence-electron chi connectivity index (χ0n) is 16.0. The molecule has 6 rings (SSSR count). The minimum absolute atomic E-state index is 0.0229. The lowest BCUT2D eigenvalue weighted by atomic mass is 9.92. The van der Waals surface area contributed by atoms with Crippen molar-refractivity contribution in [2.45, 2.75) is 38.8 Å². The molecule has 146 valence electrons. The number of aromatic nitrogens is 2. The Labute approximate surface area is 165 Å². The molecule has 7 nitrogen and oxygen atoms in total. The number of hydrogen-bond donors (Lipinski definition) is 1. The van der Waals surface area contributed by atoms with Crippen molar-refractivity contribution < 1.29 is 19.4 Å². The van der Waals surface area contributed by atoms with Crippen molar-refractivity contribution in [2.75, 3.05) is 6.79 Å². The first-order chi connectivity index (χ1) is 13.9. The number of carbonyl (C=O) groups is 1. The number of aliphatic hydroxyl groups is 1. The predicted molar refractivity (Wildman–Crippen MR) is 104 cm³/mol. The fourth-order valence-corrected chi connectivity index (χ4v) is 4.84. The molecule has 3 aromatic rings. The van der Waals surface area contributed by atoms with Gasteiger partial charge in [-0.3, -0.25) is 9.59 Å². The summed E-state index contributed by atoms with van der Waals surface area (Å²) in [6.07, 6.45) is 0.215. The molecule has 0 amide bonds. The Morgan fingerprint density at radius 1 is 1.17 bits per heavy atom. The van der Waals surface area contributed by atoms with Gasteiger partial charge in [0, 0.05) is 34.6 Å². The third-order valence-corrected chi connectivity index (χ3v) is 6.58. The molecule has 0 bridgehead atoms. The number of pyridine rings is 2. The minimum atomic E-state index is -1.59. The quantitative estimate of drug-likeness (QED) is 0.536. The second-order valence-electron chi connectivity index (χ2n) is 7.91. The summed E-state index contributed by atoms with van der Waals surface area (Å²) in [5.74, 6) is 1.03. The molecule has 1 N–H and O–H groups in total. The maximum atomic E-state index is 13.2. The van der Waals surface area contributed by atoms with E-state index in [9.17, 15) is 14.7 Å². The van der Waals surface area contributed by atoms with Gasteiger partial charge in [0.1, 0.15) is 5.60 Å². The lowest BCUT2D eigenvalue weighted by molar-refractivity contribution is -0.136. The summed E-state index contributed by atoms with van der Waals surface area (Å²) in [6.45, 7) is 4.36. The van der Waals surface area contributed by atoms with Crippen LogP contribution in [0.1, 0.15) is 35.6 Å². The Morgan fingerprint density at radius 3 is 2.69 bits per heavy atom. The van der Waals surface area contributed by atoms with Gasteiger partial charge in [0.05, 0.1) is 23.4 Å². The molecule has 1 atom stereocenters. The number of carbonyl (C=O) groups excluding carboxylic acids is 1. The minimum Gasteiger partial charge on any atom is -0.454 e. The standard InChI is InChI=1S/C22H18N2O5/c1-3-22(27)14-6-16-20-13(8-24(16)21(26)12(14)5-19(22)25)10(2)11-4-17-18(29-9-28-17)7-15(11)23-20/h4,6-7,27H,3,5,8-9H2,1-2H3. The lowest BCUT2D eigenvalue weighted by Crippen LogP contribution is -2.31. The number of ether oxygens (including phenoxy) is 2. The maximum Gasteiger partial charge on any atom is 0.255 e. The number of aryl methyl sites for hydroxylation is 1. The second kappa shape index (κ2) is 5.24. The van der Waals surface area contributed by atoms with Gasteiger partial charge in [0.2, 0.25) is 6.79 Å². The number of nitrogens with zero attached hydrogens (tertiary/aromatic N) is 2. The first-order valence-electron chi connectivity index (χ1n) is 9.68. The topological polar surface area (TPSA) is 90.7 Å². The normalized spacial score (nSPS) is 20.9. The van der Waals surface area contributed by atoms with Crippen LogP contribution in [-0.2, 0) is 23.4 Å². The highest BCUT2D eigenvalue weighted by molar-refractivity contribution is 5.96. The molecule has 0 saturated heterocycles. The lowest BCUT2D eigenvalue weighted by Gasteiger charge is -2.20. The highest BCUT2D eigenvalue weighted by atomic mass is 16.7. The SMILES string of the molecule is CCC1(O)C(=O)Cc2c1cc1n(c2=O)Cc2c-1nc1cc3c(cc1c2C)OCO3. The summed E-state index contributed by atoms with van der Waals surface area (Å²) in [5, 5.41) is 11.9. The Bertz CT molecular complexity index is 1340. The van der Waals surface area contributed by atoms with Gasteiger partial charge >= 0.3 is 0 Å². The van der Waals surface area contributed by atoms with Gasteiger partial charge in [0.25, 0.3) is 5.56 Å². The first kappa shape index (κ1) is 16.7. The van der Waals surface area contributed by atoms with E-state index in [0.717, 1.165) is 22.0 Å². The summed E-state index contributed by atoms with van der Waals surface area (Å²) in [7, 11) is 0. The van der Waals surface area contributed by atoms with Gasteiger partial charge < -0.3 is 19.1 Å². The summed E-state index contributed by atoms with van der Waals surface area (Å²) < 4.78 is 12.6. The molecule has 7 heteroatoms. The van der Waals surface area contributed by atoms with Crippen LogP contribution in [0.3, 0.4) is 0 Å². The molecule has 1 aromatic carbocycles. The van der Waals surface area contributed by atoms with Gasteiger partial charge in [-0.15, -0.1) is 0 Å². The van der Waals surface area contributed by atoms with Crippen molar-refractivity contribution >= 4 is 16.7 Å². The molecule has 4 heterocycles. The molecule has 0 saturated carbocycles. The molecular formula is C22H18N2O5. The molecule has 0 radical (unpaired) electrons. The fourth-order valence-electron chi connectivity index (χ4n) is 4.84. The number of rotatable bonds is 1. The van der Waals surface area contributed by atoms with Crippen molar-refractivity contribution in [3.8, 4) is 22.9 Å². The Hall–Kier alpha value is -3.19. The van der Waals surface area contributed by atoms with Crippen LogP contribution in [0, 0.1) is 6.92 Å². The molecule has 0 spiro atoms. The Kier molecular flexibility index (Phi) is 3.02. The van der Waals surface area contributed by atoms with E-state index in [1.165, 1.54) is 0 Å². The van der Waals surface area contributed by atoms with E-state index in [-0.39, 0.29) is 31.0 Å². The highest BCUT2D eigenvalue weighted by Crippen LogP contribution is 2.43. The van der Waals surface area contributed by atoms with Crippen LogP contribution in [0.15, 0.2) is 23.0 Å². The van der Waals surface area contributed by atoms with Crippen LogP contribution in [0.2, 0.25) is 0 Å². The van der Waals surface area contributed by atoms with E-state index >= 15 is 0 Å². The Morgan fingerprint density at radius 2 is 1.93 bits per heavy atom. The summed E-state index contributed by atoms with van der Waals surface area (Å²) in [4.78, 5) is 30.4. The summed E-state index contributed by atoms with van der Waals surface area (Å²) >= 11 is 0. The number of fused-ring (bicyclic) bond motifs is 6. The van der Waals surface area contributed by atoms with E-state index in [0.29, 0.717) is 40.6 Å². The van der Waals surface area contributed by atoms with E-state index in [1.807, 2.05) is 19.1 Å². The van der Waals surface area contributed by atoms with Crippen molar-refractivity contribution in [1.82, 2.24) is 9.55 Å². The van der Waals surface area contributed by atoms with Gasteiger partial charge in [-0.1, -0.05) is 6.92 Å². The molecule has 29 heavy (non-hydrogen) atoms. The summed E-state index contributed by atoms with van der Waals surface area (Å²) in [6, 6.07) is 5.56. The van der Waals surface area contributed by atoms with Crippen molar-refractivity contribution in [1.29, 1.82) is 0 Å². The Balaban J connectivity index is 1.64. The largest absolute Gasteiger partial charge is 0.454 e. The maximum absolute atomic E-state index is 13.2. The van der Waals surface area contributed by atoms with Crippen LogP contribution in [0.25, 0.3) is 22.3 Å². The van der Waals surface area contributed by atoms with Crippen LogP contribution in [0.4, 0.5) is 0 Å². The molecule has 2 aliphatic heterocycles. The molecule has 1 aliphatic carbocycles. The number of hydrogen-bond acceptors (Lipinski definition) is 6. The summed E-state index contributed by atoms with van der Waals surface area (Å²) in [5.41, 5.74) is 3.15. The molecule has 0 fully saturated rings. The van der Waals surface area contributed by atoms with Crippen LogP contribution in [-0.4, -0.2) is 27.2 Å². The molecular weight excluding hydrogens is 372 g/mol.